The van der Waals surface area contributed by atoms with E-state index in [4.69, 9.17) is 0 Å². The van der Waals surface area contributed by atoms with Gasteiger partial charge in [0.1, 0.15) is 0 Å². The summed E-state index contributed by atoms with van der Waals surface area (Å²) in [4.78, 5) is 0. The Balaban J connectivity index is 1.86. The van der Waals surface area contributed by atoms with Gasteiger partial charge < -0.3 is 0 Å². The quantitative estimate of drug-likeness (QED) is 0.630. The van der Waals surface area contributed by atoms with Gasteiger partial charge in [-0.1, -0.05) is 40.5 Å². The summed E-state index contributed by atoms with van der Waals surface area (Å²) in [6.07, 6.45) is 7.56. The van der Waals surface area contributed by atoms with Gasteiger partial charge in [-0.25, -0.2) is 0 Å². The first-order valence-electron chi connectivity index (χ1n) is 7.54. The molecule has 0 radical (unpaired) electrons. The normalized spacial score (nSPS) is 53.2. The third-order valence-corrected chi connectivity index (χ3v) is 6.34. The highest BCUT2D eigenvalue weighted by molar-refractivity contribution is 5.10. The van der Waals surface area contributed by atoms with E-state index in [-0.39, 0.29) is 0 Å². The SMILES string of the molecule is CCCC1CC(C)C2C3CC(C12)C(C)(C)C3. The van der Waals surface area contributed by atoms with Crippen molar-refractivity contribution in [1.82, 2.24) is 0 Å². The molecule has 16 heavy (non-hydrogen) atoms. The highest BCUT2D eigenvalue weighted by Crippen LogP contribution is 2.68. The van der Waals surface area contributed by atoms with E-state index >= 15 is 0 Å². The molecular weight excluding hydrogens is 192 g/mol. The number of hydrogen-bond acceptors (Lipinski definition) is 0. The van der Waals surface area contributed by atoms with Crippen LogP contribution in [-0.4, -0.2) is 0 Å². The smallest absolute Gasteiger partial charge is 0.0319 e. The van der Waals surface area contributed by atoms with Crippen LogP contribution in [0.3, 0.4) is 0 Å². The van der Waals surface area contributed by atoms with Crippen molar-refractivity contribution in [2.24, 2.45) is 40.9 Å². The number of rotatable bonds is 2. The Hall–Kier alpha value is 0. The van der Waals surface area contributed by atoms with Crippen LogP contribution in [0.1, 0.15) is 59.8 Å². The van der Waals surface area contributed by atoms with Crippen LogP contribution in [-0.2, 0) is 0 Å². The summed E-state index contributed by atoms with van der Waals surface area (Å²) >= 11 is 0. The molecule has 0 heterocycles. The third kappa shape index (κ3) is 1.34. The van der Waals surface area contributed by atoms with Crippen molar-refractivity contribution in [2.75, 3.05) is 0 Å². The van der Waals surface area contributed by atoms with E-state index in [0.29, 0.717) is 5.41 Å². The Morgan fingerprint density at radius 3 is 2.56 bits per heavy atom. The molecule has 3 saturated carbocycles. The van der Waals surface area contributed by atoms with Crippen molar-refractivity contribution in [3.63, 3.8) is 0 Å². The molecule has 3 fully saturated rings. The monoisotopic (exact) mass is 220 g/mol. The van der Waals surface area contributed by atoms with E-state index < -0.39 is 0 Å². The summed E-state index contributed by atoms with van der Waals surface area (Å²) in [5.74, 6) is 6.52. The highest BCUT2D eigenvalue weighted by Gasteiger charge is 2.61. The van der Waals surface area contributed by atoms with Crippen molar-refractivity contribution in [1.29, 1.82) is 0 Å². The number of fused-ring (bicyclic) bond motifs is 5. The van der Waals surface area contributed by atoms with Gasteiger partial charge in [-0.2, -0.15) is 0 Å². The Kier molecular flexibility index (Phi) is 2.43. The zero-order valence-corrected chi connectivity index (χ0v) is 11.5. The molecule has 0 saturated heterocycles. The molecule has 0 amide bonds. The fourth-order valence-electron chi connectivity index (χ4n) is 6.07. The predicted octanol–water partition coefficient (Wildman–Crippen LogP) is 4.74. The minimum atomic E-state index is 0.669. The fraction of sp³-hybridized carbons (Fsp3) is 1.00. The van der Waals surface area contributed by atoms with Crippen LogP contribution in [0, 0.1) is 40.9 Å². The Bertz CT molecular complexity index is 278. The summed E-state index contributed by atoms with van der Waals surface area (Å²) < 4.78 is 0. The van der Waals surface area contributed by atoms with Crippen molar-refractivity contribution < 1.29 is 0 Å². The van der Waals surface area contributed by atoms with Gasteiger partial charge in [-0.3, -0.25) is 0 Å². The van der Waals surface area contributed by atoms with Crippen LogP contribution in [0.2, 0.25) is 0 Å². The molecule has 0 N–H and O–H groups in total. The molecule has 6 unspecified atom stereocenters. The second-order valence-electron chi connectivity index (χ2n) is 7.71. The summed E-state index contributed by atoms with van der Waals surface area (Å²) in [6.45, 7) is 10.00. The van der Waals surface area contributed by atoms with Gasteiger partial charge in [-0.05, 0) is 60.2 Å². The lowest BCUT2D eigenvalue weighted by atomic mass is 9.64. The minimum absolute atomic E-state index is 0.669. The molecule has 92 valence electrons. The minimum Gasteiger partial charge on any atom is -0.0654 e. The van der Waals surface area contributed by atoms with Crippen LogP contribution in [0.4, 0.5) is 0 Å². The standard InChI is InChI=1S/C16H28/c1-5-6-11-7-10(2)14-12-8-13(15(11)14)16(3,4)9-12/h10-15H,5-9H2,1-4H3. The maximum absolute atomic E-state index is 2.54. The van der Waals surface area contributed by atoms with Crippen LogP contribution >= 0.6 is 0 Å². The lowest BCUT2D eigenvalue weighted by Gasteiger charge is -2.40. The van der Waals surface area contributed by atoms with Crippen LogP contribution in [0.5, 0.6) is 0 Å². The number of hydrogen-bond donors (Lipinski definition) is 0. The van der Waals surface area contributed by atoms with Crippen molar-refractivity contribution in [3.8, 4) is 0 Å². The van der Waals surface area contributed by atoms with E-state index in [2.05, 4.69) is 27.7 Å². The van der Waals surface area contributed by atoms with E-state index in [0.717, 1.165) is 35.5 Å². The van der Waals surface area contributed by atoms with E-state index in [1.807, 2.05) is 0 Å². The molecule has 3 rings (SSSR count). The van der Waals surface area contributed by atoms with Crippen LogP contribution in [0.25, 0.3) is 0 Å². The first-order valence-corrected chi connectivity index (χ1v) is 7.54. The summed E-state index contributed by atoms with van der Waals surface area (Å²) in [5, 5.41) is 0. The molecule has 3 aliphatic rings. The van der Waals surface area contributed by atoms with Gasteiger partial charge in [-0.15, -0.1) is 0 Å². The molecular formula is C16H28. The molecule has 0 aliphatic heterocycles. The molecule has 0 nitrogen and oxygen atoms in total. The fourth-order valence-corrected chi connectivity index (χ4v) is 6.07. The highest BCUT2D eigenvalue weighted by atomic mass is 14.7. The lowest BCUT2D eigenvalue weighted by molar-refractivity contribution is 0.0798. The van der Waals surface area contributed by atoms with Gasteiger partial charge >= 0.3 is 0 Å². The van der Waals surface area contributed by atoms with Crippen molar-refractivity contribution >= 4 is 0 Å². The van der Waals surface area contributed by atoms with Crippen LogP contribution in [0.15, 0.2) is 0 Å². The predicted molar refractivity (Wildman–Crippen MR) is 69.2 cm³/mol. The van der Waals surface area contributed by atoms with Crippen molar-refractivity contribution in [3.05, 3.63) is 0 Å². The zero-order chi connectivity index (χ0) is 11.5. The van der Waals surface area contributed by atoms with Crippen LogP contribution < -0.4 is 0 Å². The summed E-state index contributed by atoms with van der Waals surface area (Å²) in [7, 11) is 0. The summed E-state index contributed by atoms with van der Waals surface area (Å²) in [6, 6.07) is 0. The Labute approximate surface area is 101 Å². The Morgan fingerprint density at radius 2 is 1.88 bits per heavy atom. The first kappa shape index (κ1) is 11.1. The topological polar surface area (TPSA) is 0 Å². The molecule has 2 bridgehead atoms. The van der Waals surface area contributed by atoms with Gasteiger partial charge in [0.2, 0.25) is 0 Å². The molecule has 0 aromatic heterocycles. The largest absolute Gasteiger partial charge is 0.0654 e. The van der Waals surface area contributed by atoms with Crippen molar-refractivity contribution in [2.45, 2.75) is 59.8 Å². The van der Waals surface area contributed by atoms with Gasteiger partial charge in [0, 0.05) is 0 Å². The molecule has 0 aromatic rings. The first-order chi connectivity index (χ1) is 7.54. The van der Waals surface area contributed by atoms with E-state index in [1.54, 1.807) is 12.8 Å². The molecule has 0 aromatic carbocycles. The van der Waals surface area contributed by atoms with E-state index in [1.165, 1.54) is 19.3 Å². The average molecular weight is 220 g/mol. The Morgan fingerprint density at radius 1 is 1.12 bits per heavy atom. The summed E-state index contributed by atoms with van der Waals surface area (Å²) in [5.41, 5.74) is 0.669. The maximum atomic E-state index is 2.54. The van der Waals surface area contributed by atoms with Gasteiger partial charge in [0.05, 0.1) is 0 Å². The second kappa shape index (κ2) is 3.50. The van der Waals surface area contributed by atoms with Gasteiger partial charge in [0.25, 0.3) is 0 Å². The van der Waals surface area contributed by atoms with Gasteiger partial charge in [0.15, 0.2) is 0 Å². The molecule has 3 aliphatic carbocycles. The lowest BCUT2D eigenvalue weighted by Crippen LogP contribution is -2.34. The molecule has 0 spiro atoms. The average Bonchev–Trinajstić information content (AvgIpc) is 2.77. The molecule has 0 heteroatoms. The maximum Gasteiger partial charge on any atom is -0.0319 e. The second-order valence-corrected chi connectivity index (χ2v) is 7.71. The van der Waals surface area contributed by atoms with E-state index in [9.17, 15) is 0 Å². The third-order valence-electron chi connectivity index (χ3n) is 6.34. The zero-order valence-electron chi connectivity index (χ0n) is 11.5. The molecule has 6 atom stereocenters.